The number of aromatic nitrogens is 1. The zero-order chi connectivity index (χ0) is 12.3. The molecule has 0 amide bonds. The Balaban J connectivity index is 2.66. The van der Waals surface area contributed by atoms with E-state index in [9.17, 15) is 4.79 Å². The number of nitrogens with one attached hydrogen (secondary N) is 1. The van der Waals surface area contributed by atoms with Gasteiger partial charge >= 0.3 is 4.87 Å². The molecular weight excluding hydrogens is 220 g/mol. The van der Waals surface area contributed by atoms with Crippen LogP contribution in [0.5, 0.6) is 0 Å². The highest BCUT2D eigenvalue weighted by molar-refractivity contribution is 7.09. The van der Waals surface area contributed by atoms with Crippen LogP contribution in [0.2, 0.25) is 0 Å². The van der Waals surface area contributed by atoms with Gasteiger partial charge in [0, 0.05) is 29.7 Å². The predicted octanol–water partition coefficient (Wildman–Crippen LogP) is 2.08. The summed E-state index contributed by atoms with van der Waals surface area (Å²) in [5, 5.41) is 3.30. The summed E-state index contributed by atoms with van der Waals surface area (Å²) in [7, 11) is 0. The highest BCUT2D eigenvalue weighted by Crippen LogP contribution is 2.10. The summed E-state index contributed by atoms with van der Waals surface area (Å²) >= 11 is 1.31. The molecule has 4 heteroatoms. The molecule has 1 N–H and O–H groups in total. The lowest BCUT2D eigenvalue weighted by atomic mass is 10.2. The molecule has 3 nitrogen and oxygen atoms in total. The molecule has 0 spiro atoms. The summed E-state index contributed by atoms with van der Waals surface area (Å²) in [5.74, 6) is 0. The summed E-state index contributed by atoms with van der Waals surface area (Å²) in [4.78, 5) is 12.9. The van der Waals surface area contributed by atoms with Gasteiger partial charge in [0.15, 0.2) is 0 Å². The fourth-order valence-corrected chi connectivity index (χ4v) is 2.23. The Morgan fingerprint density at radius 3 is 2.56 bits per heavy atom. The molecule has 16 heavy (non-hydrogen) atoms. The number of rotatable bonds is 5. The highest BCUT2D eigenvalue weighted by Gasteiger charge is 2.08. The molecule has 1 heterocycles. The van der Waals surface area contributed by atoms with Gasteiger partial charge in [-0.3, -0.25) is 9.36 Å². The van der Waals surface area contributed by atoms with Gasteiger partial charge in [-0.1, -0.05) is 31.8 Å². The zero-order valence-corrected chi connectivity index (χ0v) is 11.3. The van der Waals surface area contributed by atoms with Gasteiger partial charge in [-0.25, -0.2) is 0 Å². The smallest absolute Gasteiger partial charge is 0.307 e. The summed E-state index contributed by atoms with van der Waals surface area (Å²) < 4.78 is 1.80. The molecule has 0 aliphatic carbocycles. The monoisotopic (exact) mass is 240 g/mol. The van der Waals surface area contributed by atoms with Crippen molar-refractivity contribution in [2.75, 3.05) is 6.54 Å². The van der Waals surface area contributed by atoms with Crippen LogP contribution in [0.1, 0.15) is 24.4 Å². The van der Waals surface area contributed by atoms with E-state index in [2.05, 4.69) is 25.7 Å². The van der Waals surface area contributed by atoms with Crippen molar-refractivity contribution in [1.29, 1.82) is 0 Å². The topological polar surface area (TPSA) is 34.0 Å². The number of nitrogens with zero attached hydrogens (tertiary/aromatic N) is 1. The molecular formula is C12H20N2OS. The lowest BCUT2D eigenvalue weighted by molar-refractivity contribution is 0.599. The van der Waals surface area contributed by atoms with Crippen LogP contribution >= 0.6 is 11.3 Å². The molecule has 0 fully saturated rings. The van der Waals surface area contributed by atoms with Gasteiger partial charge in [-0.05, 0) is 19.4 Å². The van der Waals surface area contributed by atoms with Crippen molar-refractivity contribution < 1.29 is 0 Å². The van der Waals surface area contributed by atoms with E-state index in [-0.39, 0.29) is 4.87 Å². The quantitative estimate of drug-likeness (QED) is 0.800. The van der Waals surface area contributed by atoms with Crippen LogP contribution in [-0.2, 0) is 6.54 Å². The third kappa shape index (κ3) is 3.32. The Morgan fingerprint density at radius 2 is 2.12 bits per heavy atom. The lowest BCUT2D eigenvalue weighted by Crippen LogP contribution is -2.27. The van der Waals surface area contributed by atoms with Crippen molar-refractivity contribution in [3.63, 3.8) is 0 Å². The maximum atomic E-state index is 11.7. The summed E-state index contributed by atoms with van der Waals surface area (Å²) in [6.45, 7) is 13.5. The number of aryl methyl sites for hydroxylation is 1. The second kappa shape index (κ2) is 5.46. The van der Waals surface area contributed by atoms with Gasteiger partial charge in [0.05, 0.1) is 0 Å². The van der Waals surface area contributed by atoms with E-state index in [1.54, 1.807) is 4.57 Å². The molecule has 0 bridgehead atoms. The first-order valence-corrected chi connectivity index (χ1v) is 6.30. The van der Waals surface area contributed by atoms with Crippen molar-refractivity contribution >= 4 is 11.3 Å². The SMILES string of the molecule is C=C(CNC(C)C)Cn1c(C)c(C)sc1=O. The molecule has 1 aromatic rings. The fourth-order valence-electron chi connectivity index (χ4n) is 1.40. The predicted molar refractivity (Wildman–Crippen MR) is 70.3 cm³/mol. The number of hydrogen-bond donors (Lipinski definition) is 1. The first-order chi connectivity index (χ1) is 7.41. The molecule has 0 saturated carbocycles. The minimum atomic E-state index is 0.112. The second-order valence-electron chi connectivity index (χ2n) is 4.38. The van der Waals surface area contributed by atoms with Crippen molar-refractivity contribution in [3.05, 3.63) is 32.4 Å². The van der Waals surface area contributed by atoms with Crippen LogP contribution in [0.15, 0.2) is 16.9 Å². The van der Waals surface area contributed by atoms with E-state index in [0.717, 1.165) is 22.7 Å². The van der Waals surface area contributed by atoms with Crippen LogP contribution in [0, 0.1) is 13.8 Å². The molecule has 0 radical (unpaired) electrons. The Morgan fingerprint density at radius 1 is 1.50 bits per heavy atom. The van der Waals surface area contributed by atoms with Crippen LogP contribution < -0.4 is 10.2 Å². The van der Waals surface area contributed by atoms with Gasteiger partial charge in [-0.2, -0.15) is 0 Å². The van der Waals surface area contributed by atoms with E-state index in [1.165, 1.54) is 11.3 Å². The second-order valence-corrected chi connectivity index (χ2v) is 5.55. The minimum Gasteiger partial charge on any atom is -0.311 e. The van der Waals surface area contributed by atoms with Crippen molar-refractivity contribution in [2.24, 2.45) is 0 Å². The van der Waals surface area contributed by atoms with Crippen LogP contribution in [0.3, 0.4) is 0 Å². The number of hydrogen-bond acceptors (Lipinski definition) is 3. The molecule has 0 saturated heterocycles. The van der Waals surface area contributed by atoms with E-state index in [1.807, 2.05) is 13.8 Å². The Hall–Kier alpha value is -0.870. The maximum Gasteiger partial charge on any atom is 0.307 e. The largest absolute Gasteiger partial charge is 0.311 e. The maximum absolute atomic E-state index is 11.7. The van der Waals surface area contributed by atoms with E-state index in [0.29, 0.717) is 12.6 Å². The Kier molecular flexibility index (Phi) is 4.50. The normalized spacial score (nSPS) is 11.1. The summed E-state index contributed by atoms with van der Waals surface area (Å²) in [5.41, 5.74) is 2.09. The number of thiazole rings is 1. The third-order valence-corrected chi connectivity index (χ3v) is 3.51. The molecule has 0 aromatic carbocycles. The van der Waals surface area contributed by atoms with Crippen LogP contribution in [0.25, 0.3) is 0 Å². The summed E-state index contributed by atoms with van der Waals surface area (Å²) in [6.07, 6.45) is 0. The van der Waals surface area contributed by atoms with Gasteiger partial charge in [0.1, 0.15) is 0 Å². The highest BCUT2D eigenvalue weighted by atomic mass is 32.1. The van der Waals surface area contributed by atoms with Gasteiger partial charge in [0.25, 0.3) is 0 Å². The average Bonchev–Trinajstić information content (AvgIpc) is 2.42. The molecule has 0 atom stereocenters. The van der Waals surface area contributed by atoms with Crippen molar-refractivity contribution in [2.45, 2.75) is 40.3 Å². The van der Waals surface area contributed by atoms with Gasteiger partial charge < -0.3 is 5.32 Å². The van der Waals surface area contributed by atoms with Crippen LogP contribution in [0.4, 0.5) is 0 Å². The average molecular weight is 240 g/mol. The zero-order valence-electron chi connectivity index (χ0n) is 10.5. The third-order valence-electron chi connectivity index (χ3n) is 2.52. The molecule has 0 unspecified atom stereocenters. The Bertz CT molecular complexity index is 429. The van der Waals surface area contributed by atoms with Crippen LogP contribution in [-0.4, -0.2) is 17.2 Å². The molecule has 1 rings (SSSR count). The molecule has 1 aromatic heterocycles. The van der Waals surface area contributed by atoms with E-state index >= 15 is 0 Å². The van der Waals surface area contributed by atoms with Gasteiger partial charge in [0.2, 0.25) is 0 Å². The molecule has 0 aliphatic rings. The van der Waals surface area contributed by atoms with E-state index in [4.69, 9.17) is 0 Å². The first-order valence-electron chi connectivity index (χ1n) is 5.48. The molecule has 90 valence electrons. The fraction of sp³-hybridized carbons (Fsp3) is 0.583. The first kappa shape index (κ1) is 13.2. The van der Waals surface area contributed by atoms with Crippen molar-refractivity contribution in [3.8, 4) is 0 Å². The van der Waals surface area contributed by atoms with Crippen molar-refractivity contribution in [1.82, 2.24) is 9.88 Å². The van der Waals surface area contributed by atoms with E-state index < -0.39 is 0 Å². The van der Waals surface area contributed by atoms with Gasteiger partial charge in [-0.15, -0.1) is 0 Å². The summed E-state index contributed by atoms with van der Waals surface area (Å²) in [6, 6.07) is 0.443. The standard InChI is InChI=1S/C12H20N2OS/c1-8(2)13-6-9(3)7-14-10(4)11(5)16-12(14)15/h8,13H,3,6-7H2,1-2,4-5H3. The minimum absolute atomic E-state index is 0.112. The molecule has 0 aliphatic heterocycles. The lowest BCUT2D eigenvalue weighted by Gasteiger charge is -2.11. The Labute approximate surface area is 101 Å².